The van der Waals surface area contributed by atoms with Crippen molar-refractivity contribution in [3.05, 3.63) is 28.2 Å². The summed E-state index contributed by atoms with van der Waals surface area (Å²) in [5, 5.41) is 0. The molecular formula is C10H13BrClNO2. The second kappa shape index (κ2) is 6.69. The average Bonchev–Trinajstić information content (AvgIpc) is 2.12. The highest BCUT2D eigenvalue weighted by Crippen LogP contribution is 2.18. The molecule has 5 heteroatoms. The Morgan fingerprint density at radius 1 is 1.47 bits per heavy atom. The SMILES string of the molecule is COC(=O)CCc1cc(N)cc(Br)c1.Cl. The van der Waals surface area contributed by atoms with Gasteiger partial charge in [-0.25, -0.2) is 0 Å². The van der Waals surface area contributed by atoms with Crippen LogP contribution in [0.2, 0.25) is 0 Å². The maximum Gasteiger partial charge on any atom is 0.305 e. The molecule has 1 rings (SSSR count). The Bertz CT molecular complexity index is 324. The van der Waals surface area contributed by atoms with E-state index in [0.717, 1.165) is 10.0 Å². The van der Waals surface area contributed by atoms with E-state index in [-0.39, 0.29) is 18.4 Å². The van der Waals surface area contributed by atoms with Crippen molar-refractivity contribution in [3.8, 4) is 0 Å². The van der Waals surface area contributed by atoms with Crippen molar-refractivity contribution in [2.24, 2.45) is 0 Å². The van der Waals surface area contributed by atoms with Crippen LogP contribution in [-0.4, -0.2) is 13.1 Å². The van der Waals surface area contributed by atoms with Gasteiger partial charge in [0.15, 0.2) is 0 Å². The number of anilines is 1. The van der Waals surface area contributed by atoms with E-state index >= 15 is 0 Å². The summed E-state index contributed by atoms with van der Waals surface area (Å²) < 4.78 is 5.48. The molecule has 2 N–H and O–H groups in total. The van der Waals surface area contributed by atoms with Gasteiger partial charge in [0.05, 0.1) is 7.11 Å². The number of esters is 1. The number of halogens is 2. The van der Waals surface area contributed by atoms with Crippen LogP contribution in [0.5, 0.6) is 0 Å². The van der Waals surface area contributed by atoms with Gasteiger partial charge >= 0.3 is 5.97 Å². The zero-order valence-corrected chi connectivity index (χ0v) is 10.7. The lowest BCUT2D eigenvalue weighted by Gasteiger charge is -2.03. The number of carbonyl (C=O) groups is 1. The molecule has 0 amide bonds. The molecule has 0 saturated heterocycles. The number of nitrogen functional groups attached to an aromatic ring is 1. The molecule has 0 aromatic heterocycles. The number of hydrogen-bond donors (Lipinski definition) is 1. The lowest BCUT2D eigenvalue weighted by atomic mass is 10.1. The Hall–Kier alpha value is -0.740. The van der Waals surface area contributed by atoms with Crippen molar-refractivity contribution in [1.29, 1.82) is 0 Å². The lowest BCUT2D eigenvalue weighted by Crippen LogP contribution is -2.02. The summed E-state index contributed by atoms with van der Waals surface area (Å²) in [6, 6.07) is 5.62. The van der Waals surface area contributed by atoms with E-state index in [1.165, 1.54) is 7.11 Å². The molecule has 0 atom stereocenters. The topological polar surface area (TPSA) is 52.3 Å². The molecule has 0 saturated carbocycles. The number of nitrogens with two attached hydrogens (primary N) is 1. The summed E-state index contributed by atoms with van der Waals surface area (Å²) >= 11 is 3.34. The molecular weight excluding hydrogens is 281 g/mol. The van der Waals surface area contributed by atoms with E-state index in [4.69, 9.17) is 5.73 Å². The molecule has 0 radical (unpaired) electrons. The minimum Gasteiger partial charge on any atom is -0.469 e. The molecule has 0 aliphatic rings. The first-order chi connectivity index (χ1) is 6.61. The molecule has 0 aliphatic carbocycles. The summed E-state index contributed by atoms with van der Waals surface area (Å²) in [6.07, 6.45) is 1.03. The normalized spacial score (nSPS) is 9.20. The fourth-order valence-electron chi connectivity index (χ4n) is 1.17. The first kappa shape index (κ1) is 14.3. The Kier molecular flexibility index (Phi) is 6.36. The number of ether oxygens (including phenoxy) is 1. The third-order valence-electron chi connectivity index (χ3n) is 1.83. The van der Waals surface area contributed by atoms with Gasteiger partial charge in [-0.05, 0) is 30.2 Å². The second-order valence-corrected chi connectivity index (χ2v) is 3.88. The van der Waals surface area contributed by atoms with Crippen molar-refractivity contribution in [1.82, 2.24) is 0 Å². The maximum atomic E-state index is 10.9. The predicted molar refractivity (Wildman–Crippen MR) is 66.1 cm³/mol. The van der Waals surface area contributed by atoms with Gasteiger partial charge in [0.25, 0.3) is 0 Å². The van der Waals surface area contributed by atoms with Crippen LogP contribution in [0.3, 0.4) is 0 Å². The minimum atomic E-state index is -0.205. The number of methoxy groups -OCH3 is 1. The largest absolute Gasteiger partial charge is 0.469 e. The Balaban J connectivity index is 0.00000196. The molecule has 0 unspecified atom stereocenters. The highest BCUT2D eigenvalue weighted by atomic mass is 79.9. The first-order valence-electron chi connectivity index (χ1n) is 4.23. The monoisotopic (exact) mass is 293 g/mol. The lowest BCUT2D eigenvalue weighted by molar-refractivity contribution is -0.140. The number of aryl methyl sites for hydroxylation is 1. The molecule has 1 aromatic rings. The smallest absolute Gasteiger partial charge is 0.305 e. The van der Waals surface area contributed by atoms with Crippen molar-refractivity contribution in [2.75, 3.05) is 12.8 Å². The molecule has 3 nitrogen and oxygen atoms in total. The third-order valence-corrected chi connectivity index (χ3v) is 2.28. The van der Waals surface area contributed by atoms with Crippen LogP contribution < -0.4 is 5.73 Å². The Morgan fingerprint density at radius 2 is 2.13 bits per heavy atom. The van der Waals surface area contributed by atoms with Crippen molar-refractivity contribution in [3.63, 3.8) is 0 Å². The average molecular weight is 295 g/mol. The zero-order valence-electron chi connectivity index (χ0n) is 8.33. The maximum absolute atomic E-state index is 10.9. The number of rotatable bonds is 3. The van der Waals surface area contributed by atoms with Gasteiger partial charge in [-0.3, -0.25) is 4.79 Å². The van der Waals surface area contributed by atoms with Crippen LogP contribution in [0, 0.1) is 0 Å². The predicted octanol–water partition coefficient (Wildman–Crippen LogP) is 2.56. The molecule has 0 aliphatic heterocycles. The highest BCUT2D eigenvalue weighted by Gasteiger charge is 2.02. The zero-order chi connectivity index (χ0) is 10.6. The minimum absolute atomic E-state index is 0. The molecule has 0 spiro atoms. The number of hydrogen-bond acceptors (Lipinski definition) is 3. The third kappa shape index (κ3) is 5.04. The number of benzene rings is 1. The van der Waals surface area contributed by atoms with Crippen molar-refractivity contribution in [2.45, 2.75) is 12.8 Å². The van der Waals surface area contributed by atoms with E-state index in [1.54, 1.807) is 0 Å². The van der Waals surface area contributed by atoms with Gasteiger partial charge in [0.2, 0.25) is 0 Å². The molecule has 0 bridgehead atoms. The summed E-state index contributed by atoms with van der Waals surface area (Å²) in [5.41, 5.74) is 7.38. The summed E-state index contributed by atoms with van der Waals surface area (Å²) in [7, 11) is 1.39. The van der Waals surface area contributed by atoms with Gasteiger partial charge < -0.3 is 10.5 Å². The van der Waals surface area contributed by atoms with Crippen molar-refractivity contribution < 1.29 is 9.53 Å². The standard InChI is InChI=1S/C10H12BrNO2.ClH/c1-14-10(13)3-2-7-4-8(11)6-9(12)5-7;/h4-6H,2-3,12H2,1H3;1H. The first-order valence-corrected chi connectivity index (χ1v) is 5.03. The van der Waals surface area contributed by atoms with Crippen LogP contribution >= 0.6 is 28.3 Å². The molecule has 0 heterocycles. The fourth-order valence-corrected chi connectivity index (χ4v) is 1.73. The van der Waals surface area contributed by atoms with E-state index in [0.29, 0.717) is 18.5 Å². The van der Waals surface area contributed by atoms with Crippen LogP contribution in [0.1, 0.15) is 12.0 Å². The molecule has 0 fully saturated rings. The Morgan fingerprint density at radius 3 is 2.67 bits per heavy atom. The van der Waals surface area contributed by atoms with Gasteiger partial charge in [0.1, 0.15) is 0 Å². The van der Waals surface area contributed by atoms with Gasteiger partial charge in [-0.2, -0.15) is 0 Å². The molecule has 1 aromatic carbocycles. The Labute approximate surface area is 104 Å². The highest BCUT2D eigenvalue weighted by molar-refractivity contribution is 9.10. The van der Waals surface area contributed by atoms with Gasteiger partial charge in [-0.1, -0.05) is 15.9 Å². The second-order valence-electron chi connectivity index (χ2n) is 2.97. The van der Waals surface area contributed by atoms with Crippen molar-refractivity contribution >= 4 is 40.0 Å². The van der Waals surface area contributed by atoms with E-state index in [2.05, 4.69) is 20.7 Å². The van der Waals surface area contributed by atoms with Crippen LogP contribution in [0.15, 0.2) is 22.7 Å². The number of carbonyl (C=O) groups excluding carboxylic acids is 1. The van der Waals surface area contributed by atoms with Crippen LogP contribution in [-0.2, 0) is 16.0 Å². The quantitative estimate of drug-likeness (QED) is 0.688. The summed E-state index contributed by atoms with van der Waals surface area (Å²) in [6.45, 7) is 0. The van der Waals surface area contributed by atoms with E-state index < -0.39 is 0 Å². The summed E-state index contributed by atoms with van der Waals surface area (Å²) in [4.78, 5) is 10.9. The summed E-state index contributed by atoms with van der Waals surface area (Å²) in [5.74, 6) is -0.205. The van der Waals surface area contributed by atoms with E-state index in [9.17, 15) is 4.79 Å². The fraction of sp³-hybridized carbons (Fsp3) is 0.300. The van der Waals surface area contributed by atoms with E-state index in [1.807, 2.05) is 18.2 Å². The van der Waals surface area contributed by atoms with Crippen LogP contribution in [0.4, 0.5) is 5.69 Å². The molecule has 15 heavy (non-hydrogen) atoms. The van der Waals surface area contributed by atoms with Gasteiger partial charge in [0, 0.05) is 16.6 Å². The van der Waals surface area contributed by atoms with Gasteiger partial charge in [-0.15, -0.1) is 12.4 Å². The molecule has 84 valence electrons. The van der Waals surface area contributed by atoms with Crippen LogP contribution in [0.25, 0.3) is 0 Å².